The number of aromatic nitrogens is 2. The van der Waals surface area contributed by atoms with Crippen molar-refractivity contribution in [2.24, 2.45) is 0 Å². The molecule has 1 amide bonds. The van der Waals surface area contributed by atoms with Gasteiger partial charge < -0.3 is 15.2 Å². The number of pyridine rings is 1. The van der Waals surface area contributed by atoms with Gasteiger partial charge in [0, 0.05) is 12.7 Å². The van der Waals surface area contributed by atoms with Crippen molar-refractivity contribution in [3.8, 4) is 16.5 Å². The molecular formula is C22H20F3N3O4S. The third-order valence-electron chi connectivity index (χ3n) is 4.58. The zero-order valence-corrected chi connectivity index (χ0v) is 18.7. The maximum atomic E-state index is 13.3. The van der Waals surface area contributed by atoms with Crippen LogP contribution in [0.4, 0.5) is 13.2 Å². The van der Waals surface area contributed by atoms with Crippen LogP contribution in [-0.4, -0.2) is 32.6 Å². The molecule has 2 heterocycles. The largest absolute Gasteiger partial charge is 0.478 e. The van der Waals surface area contributed by atoms with E-state index < -0.39 is 29.2 Å². The maximum absolute atomic E-state index is 13.3. The summed E-state index contributed by atoms with van der Waals surface area (Å²) in [6, 6.07) is 8.62. The number of carboxylic acid groups (broad SMARTS) is 1. The van der Waals surface area contributed by atoms with Gasteiger partial charge in [0.05, 0.1) is 11.3 Å². The average Bonchev–Trinajstić information content (AvgIpc) is 3.13. The average molecular weight is 479 g/mol. The fourth-order valence-electron chi connectivity index (χ4n) is 2.79. The standard InChI is InChI=1S/C22H20F3N3O4S/c1-12-17(33-19(28-12)16-15(22(23,24)25)5-4-10-26-16)18(29)27-11-13-6-8-14(9-7-13)32-21(2,3)20(30)31/h4-10H,11H2,1-3H3,(H,27,29)(H,30,31). The number of carboxylic acids is 1. The second-order valence-corrected chi connectivity index (χ2v) is 8.57. The molecule has 3 aromatic rings. The first-order chi connectivity index (χ1) is 15.4. The lowest BCUT2D eigenvalue weighted by Crippen LogP contribution is -2.37. The second-order valence-electron chi connectivity index (χ2n) is 7.58. The lowest BCUT2D eigenvalue weighted by molar-refractivity contribution is -0.152. The third-order valence-corrected chi connectivity index (χ3v) is 5.75. The highest BCUT2D eigenvalue weighted by atomic mass is 32.1. The Morgan fingerprint density at radius 2 is 1.82 bits per heavy atom. The molecule has 0 radical (unpaired) electrons. The summed E-state index contributed by atoms with van der Waals surface area (Å²) in [6.45, 7) is 4.54. The van der Waals surface area contributed by atoms with Crippen molar-refractivity contribution in [3.05, 3.63) is 64.3 Å². The van der Waals surface area contributed by atoms with Crippen LogP contribution in [0.1, 0.15) is 40.3 Å². The molecule has 0 fully saturated rings. The Labute approximate surface area is 191 Å². The number of nitrogens with one attached hydrogen (secondary N) is 1. The predicted octanol–water partition coefficient (Wildman–Crippen LogP) is 4.70. The Kier molecular flexibility index (Phi) is 6.73. The summed E-state index contributed by atoms with van der Waals surface area (Å²) in [5, 5.41) is 11.8. The van der Waals surface area contributed by atoms with Crippen LogP contribution in [0.3, 0.4) is 0 Å². The zero-order valence-electron chi connectivity index (χ0n) is 17.9. The Balaban J connectivity index is 1.70. The molecule has 0 saturated heterocycles. The molecule has 0 bridgehead atoms. The monoisotopic (exact) mass is 479 g/mol. The minimum Gasteiger partial charge on any atom is -0.478 e. The molecule has 2 aromatic heterocycles. The minimum absolute atomic E-state index is 0.00752. The van der Waals surface area contributed by atoms with E-state index in [0.29, 0.717) is 11.4 Å². The molecule has 0 atom stereocenters. The molecule has 2 N–H and O–H groups in total. The first kappa shape index (κ1) is 24.2. The number of hydrogen-bond donors (Lipinski definition) is 2. The van der Waals surface area contributed by atoms with Crippen molar-refractivity contribution >= 4 is 23.2 Å². The molecule has 1 aromatic carbocycles. The summed E-state index contributed by atoms with van der Waals surface area (Å²) in [7, 11) is 0. The number of alkyl halides is 3. The summed E-state index contributed by atoms with van der Waals surface area (Å²) in [6.07, 6.45) is -3.35. The van der Waals surface area contributed by atoms with E-state index in [0.717, 1.165) is 23.0 Å². The van der Waals surface area contributed by atoms with Gasteiger partial charge in [-0.25, -0.2) is 9.78 Å². The van der Waals surface area contributed by atoms with E-state index in [1.165, 1.54) is 26.1 Å². The molecule has 3 rings (SSSR count). The van der Waals surface area contributed by atoms with Crippen LogP contribution in [0.15, 0.2) is 42.6 Å². The van der Waals surface area contributed by atoms with Gasteiger partial charge in [-0.2, -0.15) is 13.2 Å². The molecule has 0 aliphatic rings. The van der Waals surface area contributed by atoms with Gasteiger partial charge in [0.1, 0.15) is 21.3 Å². The highest BCUT2D eigenvalue weighted by Crippen LogP contribution is 2.37. The van der Waals surface area contributed by atoms with Crippen LogP contribution in [0.25, 0.3) is 10.7 Å². The number of aliphatic carboxylic acids is 1. The SMILES string of the molecule is Cc1nc(-c2ncccc2C(F)(F)F)sc1C(=O)NCc1ccc(OC(C)(C)C(=O)O)cc1. The van der Waals surface area contributed by atoms with E-state index in [2.05, 4.69) is 15.3 Å². The molecular weight excluding hydrogens is 459 g/mol. The van der Waals surface area contributed by atoms with Gasteiger partial charge in [0.2, 0.25) is 0 Å². The van der Waals surface area contributed by atoms with Crippen LogP contribution < -0.4 is 10.1 Å². The van der Waals surface area contributed by atoms with Gasteiger partial charge in [-0.3, -0.25) is 9.78 Å². The van der Waals surface area contributed by atoms with E-state index in [1.54, 1.807) is 31.2 Å². The van der Waals surface area contributed by atoms with Crippen molar-refractivity contribution in [1.29, 1.82) is 0 Å². The van der Waals surface area contributed by atoms with Crippen molar-refractivity contribution in [2.45, 2.75) is 39.1 Å². The van der Waals surface area contributed by atoms with Gasteiger partial charge in [-0.1, -0.05) is 12.1 Å². The van der Waals surface area contributed by atoms with Crippen molar-refractivity contribution in [2.75, 3.05) is 0 Å². The minimum atomic E-state index is -4.60. The van der Waals surface area contributed by atoms with Crippen LogP contribution in [-0.2, 0) is 17.5 Å². The van der Waals surface area contributed by atoms with Crippen LogP contribution >= 0.6 is 11.3 Å². The molecule has 11 heteroatoms. The highest BCUT2D eigenvalue weighted by molar-refractivity contribution is 7.17. The van der Waals surface area contributed by atoms with Crippen molar-refractivity contribution < 1.29 is 32.6 Å². The maximum Gasteiger partial charge on any atom is 0.418 e. The van der Waals surface area contributed by atoms with E-state index in [1.807, 2.05) is 0 Å². The Hall–Kier alpha value is -3.47. The lowest BCUT2D eigenvalue weighted by Gasteiger charge is -2.21. The van der Waals surface area contributed by atoms with Crippen molar-refractivity contribution in [1.82, 2.24) is 15.3 Å². The summed E-state index contributed by atoms with van der Waals surface area (Å²) in [4.78, 5) is 31.9. The highest BCUT2D eigenvalue weighted by Gasteiger charge is 2.35. The number of hydrogen-bond acceptors (Lipinski definition) is 6. The summed E-state index contributed by atoms with van der Waals surface area (Å²) < 4.78 is 45.3. The number of halogens is 3. The topological polar surface area (TPSA) is 101 Å². The smallest absolute Gasteiger partial charge is 0.418 e. The van der Waals surface area contributed by atoms with E-state index in [9.17, 15) is 22.8 Å². The van der Waals surface area contributed by atoms with Crippen LogP contribution in [0.5, 0.6) is 5.75 Å². The van der Waals surface area contributed by atoms with Crippen LogP contribution in [0.2, 0.25) is 0 Å². The van der Waals surface area contributed by atoms with Crippen molar-refractivity contribution in [3.63, 3.8) is 0 Å². The Morgan fingerprint density at radius 3 is 2.42 bits per heavy atom. The number of carbonyl (C=O) groups excluding carboxylic acids is 1. The van der Waals surface area contributed by atoms with Gasteiger partial charge in [0.15, 0.2) is 5.60 Å². The number of carbonyl (C=O) groups is 2. The van der Waals surface area contributed by atoms with Crippen LogP contribution in [0, 0.1) is 6.92 Å². The van der Waals surface area contributed by atoms with Gasteiger partial charge in [-0.15, -0.1) is 11.3 Å². The molecule has 0 spiro atoms. The Morgan fingerprint density at radius 1 is 1.15 bits per heavy atom. The van der Waals surface area contributed by atoms with E-state index >= 15 is 0 Å². The molecule has 0 aliphatic carbocycles. The lowest BCUT2D eigenvalue weighted by atomic mass is 10.1. The number of ether oxygens (including phenoxy) is 1. The second kappa shape index (κ2) is 9.18. The Bertz CT molecular complexity index is 1170. The molecule has 0 saturated carbocycles. The number of nitrogens with zero attached hydrogens (tertiary/aromatic N) is 2. The number of amides is 1. The summed E-state index contributed by atoms with van der Waals surface area (Å²) >= 11 is 0.836. The first-order valence-electron chi connectivity index (χ1n) is 9.68. The number of aryl methyl sites for hydroxylation is 1. The molecule has 0 unspecified atom stereocenters. The van der Waals surface area contributed by atoms with E-state index in [4.69, 9.17) is 9.84 Å². The molecule has 33 heavy (non-hydrogen) atoms. The first-order valence-corrected chi connectivity index (χ1v) is 10.5. The molecule has 0 aliphatic heterocycles. The number of thiazole rings is 1. The quantitative estimate of drug-likeness (QED) is 0.509. The fourth-order valence-corrected chi connectivity index (χ4v) is 3.78. The summed E-state index contributed by atoms with van der Waals surface area (Å²) in [5.74, 6) is -1.23. The zero-order chi connectivity index (χ0) is 24.4. The summed E-state index contributed by atoms with van der Waals surface area (Å²) in [5.41, 5.74) is -1.62. The van der Waals surface area contributed by atoms with Gasteiger partial charge in [0.25, 0.3) is 5.91 Å². The predicted molar refractivity (Wildman–Crippen MR) is 115 cm³/mol. The van der Waals surface area contributed by atoms with Gasteiger partial charge >= 0.3 is 12.1 Å². The fraction of sp³-hybridized carbons (Fsp3) is 0.273. The number of benzene rings is 1. The molecule has 7 nitrogen and oxygen atoms in total. The van der Waals surface area contributed by atoms with E-state index in [-0.39, 0.29) is 22.1 Å². The normalized spacial score (nSPS) is 11.8. The van der Waals surface area contributed by atoms with Gasteiger partial charge in [-0.05, 0) is 50.6 Å². The molecule has 174 valence electrons. The third kappa shape index (κ3) is 5.67. The number of rotatable bonds is 7.